The quantitative estimate of drug-likeness (QED) is 0.688. The van der Waals surface area contributed by atoms with E-state index in [0.717, 1.165) is 0 Å². The third-order valence-electron chi connectivity index (χ3n) is 2.96. The number of rotatable bonds is 4. The summed E-state index contributed by atoms with van der Waals surface area (Å²) < 4.78 is 0. The summed E-state index contributed by atoms with van der Waals surface area (Å²) in [5.74, 6) is 0.240. The number of anilines is 1. The minimum Gasteiger partial charge on any atom is -0.383 e. The Kier molecular flexibility index (Phi) is 4.77. The molecule has 0 aliphatic carbocycles. The molecule has 0 amide bonds. The highest BCUT2D eigenvalue weighted by atomic mass is 32.2. The minimum atomic E-state index is -0.402. The summed E-state index contributed by atoms with van der Waals surface area (Å²) in [5, 5.41) is 19.1. The van der Waals surface area contributed by atoms with Crippen molar-refractivity contribution in [2.24, 2.45) is 0 Å². The summed E-state index contributed by atoms with van der Waals surface area (Å²) >= 11 is 1.31. The Labute approximate surface area is 132 Å². The van der Waals surface area contributed by atoms with E-state index in [1.807, 2.05) is 19.1 Å². The van der Waals surface area contributed by atoms with E-state index in [9.17, 15) is 15.3 Å². The van der Waals surface area contributed by atoms with Gasteiger partial charge in [-0.1, -0.05) is 37.3 Å². The number of thioether (sulfide) groups is 1. The minimum absolute atomic E-state index is 0.0275. The molecule has 108 valence electrons. The molecule has 0 saturated carbocycles. The highest BCUT2D eigenvalue weighted by molar-refractivity contribution is 7.99. The van der Waals surface area contributed by atoms with Gasteiger partial charge in [-0.05, 0) is 5.75 Å². The number of nitrogens with zero attached hydrogens (tertiary/aromatic N) is 3. The van der Waals surface area contributed by atoms with Crippen LogP contribution in [0.5, 0.6) is 0 Å². The fraction of sp³-hybridized carbons (Fsp3) is 0.125. The molecule has 0 fully saturated rings. The Morgan fingerprint density at radius 3 is 2.41 bits per heavy atom. The molecule has 0 unspecified atom stereocenters. The van der Waals surface area contributed by atoms with Crippen LogP contribution in [0.25, 0.3) is 0 Å². The highest BCUT2D eigenvalue weighted by Gasteiger charge is 2.24. The van der Waals surface area contributed by atoms with E-state index in [2.05, 4.69) is 4.98 Å². The summed E-state index contributed by atoms with van der Waals surface area (Å²) in [5.41, 5.74) is 6.27. The number of nitrogen functional groups attached to an aromatic ring is 1. The highest BCUT2D eigenvalue weighted by Crippen LogP contribution is 2.29. The van der Waals surface area contributed by atoms with Crippen molar-refractivity contribution in [1.29, 1.82) is 10.5 Å². The molecular weight excluding hydrogens is 296 g/mol. The first-order valence-electron chi connectivity index (χ1n) is 6.50. The molecule has 2 N–H and O–H groups in total. The predicted octanol–water partition coefficient (Wildman–Crippen LogP) is 2.75. The first-order valence-corrected chi connectivity index (χ1v) is 7.48. The van der Waals surface area contributed by atoms with Crippen molar-refractivity contribution in [3.05, 3.63) is 52.6 Å². The van der Waals surface area contributed by atoms with Crippen molar-refractivity contribution in [2.45, 2.75) is 11.9 Å². The molecule has 6 heteroatoms. The molecule has 0 aliphatic rings. The van der Waals surface area contributed by atoms with Gasteiger partial charge in [0.2, 0.25) is 0 Å². The Morgan fingerprint density at radius 2 is 1.86 bits per heavy atom. The summed E-state index contributed by atoms with van der Waals surface area (Å²) in [6.45, 7) is 1.90. The Hall–Kier alpha value is -2.83. The van der Waals surface area contributed by atoms with Crippen LogP contribution in [0.2, 0.25) is 0 Å². The van der Waals surface area contributed by atoms with Gasteiger partial charge in [-0.25, -0.2) is 4.98 Å². The molecule has 0 aliphatic heterocycles. The van der Waals surface area contributed by atoms with Crippen LogP contribution in [0.4, 0.5) is 5.82 Å². The number of aromatic nitrogens is 1. The van der Waals surface area contributed by atoms with Crippen molar-refractivity contribution >= 4 is 23.4 Å². The molecular formula is C16H12N4OS. The molecule has 0 atom stereocenters. The van der Waals surface area contributed by atoms with Gasteiger partial charge in [0.25, 0.3) is 0 Å². The number of nitrogens with two attached hydrogens (primary N) is 1. The standard InChI is InChI=1S/C16H12N4OS/c1-2-22-16-12(9-18)13(11(8-17)15(19)20-16)14(21)10-6-4-3-5-7-10/h3-7H,2H2,1H3,(H2,19,20). The number of ketones is 1. The molecule has 2 aromatic rings. The van der Waals surface area contributed by atoms with Crippen molar-refractivity contribution in [3.63, 3.8) is 0 Å². The summed E-state index contributed by atoms with van der Waals surface area (Å²) in [6.07, 6.45) is 0. The van der Waals surface area contributed by atoms with E-state index in [1.54, 1.807) is 30.3 Å². The monoisotopic (exact) mass is 308 g/mol. The molecule has 1 heterocycles. The van der Waals surface area contributed by atoms with Crippen LogP contribution >= 0.6 is 11.8 Å². The van der Waals surface area contributed by atoms with Gasteiger partial charge in [0, 0.05) is 5.56 Å². The van der Waals surface area contributed by atoms with Crippen molar-refractivity contribution in [3.8, 4) is 12.1 Å². The van der Waals surface area contributed by atoms with E-state index in [4.69, 9.17) is 5.73 Å². The van der Waals surface area contributed by atoms with Gasteiger partial charge in [0.15, 0.2) is 5.78 Å². The lowest BCUT2D eigenvalue weighted by Gasteiger charge is -2.11. The SMILES string of the molecule is CCSc1nc(N)c(C#N)c(C(=O)c2ccccc2)c1C#N. The Balaban J connectivity index is 2.75. The zero-order chi connectivity index (χ0) is 16.1. The number of nitriles is 2. The number of benzene rings is 1. The van der Waals surface area contributed by atoms with Crippen LogP contribution in [0.1, 0.15) is 34.0 Å². The smallest absolute Gasteiger partial charge is 0.195 e. The average Bonchev–Trinajstić information content (AvgIpc) is 2.54. The molecule has 0 bridgehead atoms. The lowest BCUT2D eigenvalue weighted by atomic mass is 9.96. The fourth-order valence-corrected chi connectivity index (χ4v) is 2.73. The van der Waals surface area contributed by atoms with Crippen LogP contribution in [0.15, 0.2) is 35.4 Å². The Bertz CT molecular complexity index is 804. The molecule has 5 nitrogen and oxygen atoms in total. The molecule has 0 radical (unpaired) electrons. The second-order valence-electron chi connectivity index (χ2n) is 4.28. The van der Waals surface area contributed by atoms with Crippen LogP contribution in [0.3, 0.4) is 0 Å². The van der Waals surface area contributed by atoms with Crippen LogP contribution in [0, 0.1) is 22.7 Å². The second-order valence-corrected chi connectivity index (χ2v) is 5.53. The topological polar surface area (TPSA) is 104 Å². The van der Waals surface area contributed by atoms with E-state index in [-0.39, 0.29) is 22.5 Å². The predicted molar refractivity (Wildman–Crippen MR) is 84.4 cm³/mol. The number of hydrogen-bond donors (Lipinski definition) is 1. The summed E-state index contributed by atoms with van der Waals surface area (Å²) in [4.78, 5) is 16.8. The van der Waals surface area contributed by atoms with Crippen LogP contribution in [-0.2, 0) is 0 Å². The number of hydrogen-bond acceptors (Lipinski definition) is 6. The zero-order valence-corrected chi connectivity index (χ0v) is 12.6. The van der Waals surface area contributed by atoms with Gasteiger partial charge in [-0.2, -0.15) is 10.5 Å². The van der Waals surface area contributed by atoms with Gasteiger partial charge in [0.1, 0.15) is 28.5 Å². The van der Waals surface area contributed by atoms with E-state index in [1.165, 1.54) is 11.8 Å². The van der Waals surface area contributed by atoms with Gasteiger partial charge in [0.05, 0.1) is 11.1 Å². The molecule has 0 spiro atoms. The maximum Gasteiger partial charge on any atom is 0.195 e. The van der Waals surface area contributed by atoms with Crippen molar-refractivity contribution < 1.29 is 4.79 Å². The largest absolute Gasteiger partial charge is 0.383 e. The lowest BCUT2D eigenvalue weighted by molar-refractivity contribution is 0.103. The van der Waals surface area contributed by atoms with Gasteiger partial charge < -0.3 is 5.73 Å². The molecule has 1 aromatic carbocycles. The van der Waals surface area contributed by atoms with E-state index in [0.29, 0.717) is 16.3 Å². The van der Waals surface area contributed by atoms with Crippen LogP contribution in [-0.4, -0.2) is 16.5 Å². The van der Waals surface area contributed by atoms with E-state index < -0.39 is 5.78 Å². The maximum atomic E-state index is 12.7. The van der Waals surface area contributed by atoms with Gasteiger partial charge >= 0.3 is 0 Å². The van der Waals surface area contributed by atoms with E-state index >= 15 is 0 Å². The molecule has 1 aromatic heterocycles. The third-order valence-corrected chi connectivity index (χ3v) is 3.82. The number of carbonyl (C=O) groups excluding carboxylic acids is 1. The molecule has 22 heavy (non-hydrogen) atoms. The zero-order valence-electron chi connectivity index (χ0n) is 11.8. The lowest BCUT2D eigenvalue weighted by Crippen LogP contribution is -2.12. The number of pyridine rings is 1. The molecule has 2 rings (SSSR count). The fourth-order valence-electron chi connectivity index (χ4n) is 2.00. The summed E-state index contributed by atoms with van der Waals surface area (Å²) in [6, 6.07) is 12.4. The maximum absolute atomic E-state index is 12.7. The summed E-state index contributed by atoms with van der Waals surface area (Å²) in [7, 11) is 0. The first kappa shape index (κ1) is 15.6. The normalized spacial score (nSPS) is 9.77. The van der Waals surface area contributed by atoms with Gasteiger partial charge in [-0.3, -0.25) is 4.79 Å². The number of carbonyl (C=O) groups is 1. The van der Waals surface area contributed by atoms with Crippen molar-refractivity contribution in [1.82, 2.24) is 4.98 Å². The third kappa shape index (κ3) is 2.78. The van der Waals surface area contributed by atoms with Crippen molar-refractivity contribution in [2.75, 3.05) is 11.5 Å². The average molecular weight is 308 g/mol. The second kappa shape index (κ2) is 6.75. The first-order chi connectivity index (χ1) is 10.6. The molecule has 0 saturated heterocycles. The Morgan fingerprint density at radius 1 is 1.23 bits per heavy atom. The van der Waals surface area contributed by atoms with Gasteiger partial charge in [-0.15, -0.1) is 11.8 Å². The van der Waals surface area contributed by atoms with Crippen LogP contribution < -0.4 is 5.73 Å².